The van der Waals surface area contributed by atoms with Gasteiger partial charge in [0.25, 0.3) is 11.8 Å². The molecular weight excluding hydrogens is 497 g/mol. The van der Waals surface area contributed by atoms with Crippen molar-refractivity contribution in [2.45, 2.75) is 12.6 Å². The largest absolute Gasteiger partial charge is 0.419 e. The second-order valence-corrected chi connectivity index (χ2v) is 8.39. The summed E-state index contributed by atoms with van der Waals surface area (Å²) < 4.78 is 21.8. The van der Waals surface area contributed by atoms with E-state index in [1.165, 1.54) is 4.57 Å². The van der Waals surface area contributed by atoms with Crippen molar-refractivity contribution in [3.8, 4) is 0 Å². The molecule has 3 aromatic heterocycles. The average molecular weight is 517 g/mol. The van der Waals surface area contributed by atoms with E-state index in [-0.39, 0.29) is 23.6 Å². The van der Waals surface area contributed by atoms with Gasteiger partial charge in [0.15, 0.2) is 17.0 Å². The third kappa shape index (κ3) is 4.48. The molecule has 2 aromatic carbocycles. The Bertz CT molecular complexity index is 1770. The first-order chi connectivity index (χ1) is 18.2. The molecule has 38 heavy (non-hydrogen) atoms. The molecule has 0 spiro atoms. The second kappa shape index (κ2) is 9.61. The molecule has 13 heteroatoms. The number of benzene rings is 2. The van der Waals surface area contributed by atoms with Crippen LogP contribution in [0.15, 0.2) is 70.0 Å². The number of primary amides is 1. The molecular formula is C25H20FN7O5. The lowest BCUT2D eigenvalue weighted by Gasteiger charge is -2.16. The molecule has 0 saturated heterocycles. The van der Waals surface area contributed by atoms with Crippen LogP contribution in [0.1, 0.15) is 38.1 Å². The van der Waals surface area contributed by atoms with Crippen LogP contribution in [0.4, 0.5) is 4.39 Å². The molecule has 0 fully saturated rings. The van der Waals surface area contributed by atoms with Gasteiger partial charge < -0.3 is 20.8 Å². The number of nitrogens with zero attached hydrogens (tertiary/aromatic N) is 4. The molecule has 0 radical (unpaired) electrons. The van der Waals surface area contributed by atoms with Gasteiger partial charge in [0.2, 0.25) is 5.91 Å². The highest BCUT2D eigenvalue weighted by Gasteiger charge is 2.25. The number of halogens is 1. The average Bonchev–Trinajstić information content (AvgIpc) is 3.43. The maximum Gasteiger partial charge on any atom is 0.419 e. The summed E-state index contributed by atoms with van der Waals surface area (Å²) in [6.45, 7) is 0.0437. The molecule has 3 heterocycles. The van der Waals surface area contributed by atoms with Gasteiger partial charge in [-0.1, -0.05) is 36.4 Å². The first kappa shape index (κ1) is 24.4. The van der Waals surface area contributed by atoms with Crippen LogP contribution in [0.2, 0.25) is 0 Å². The van der Waals surface area contributed by atoms with Gasteiger partial charge in [0, 0.05) is 19.7 Å². The number of hydrogen-bond donors (Lipinski definition) is 3. The summed E-state index contributed by atoms with van der Waals surface area (Å²) in [5, 5.41) is 8.99. The summed E-state index contributed by atoms with van der Waals surface area (Å²) in [5.74, 6) is -3.70. The van der Waals surface area contributed by atoms with E-state index in [9.17, 15) is 23.6 Å². The predicted octanol–water partition coefficient (Wildman–Crippen LogP) is 1.20. The van der Waals surface area contributed by atoms with Crippen molar-refractivity contribution in [3.05, 3.63) is 99.7 Å². The van der Waals surface area contributed by atoms with Gasteiger partial charge >= 0.3 is 5.76 Å². The summed E-state index contributed by atoms with van der Waals surface area (Å²) in [6.07, 6.45) is 0.855. The number of fused-ring (bicyclic) bond motifs is 2. The molecule has 5 rings (SSSR count). The highest BCUT2D eigenvalue weighted by molar-refractivity contribution is 6.00. The Morgan fingerprint density at radius 2 is 1.87 bits per heavy atom. The highest BCUT2D eigenvalue weighted by Crippen LogP contribution is 2.17. The zero-order valence-electron chi connectivity index (χ0n) is 19.8. The minimum absolute atomic E-state index is 0.0437. The summed E-state index contributed by atoms with van der Waals surface area (Å²) >= 11 is 0. The van der Waals surface area contributed by atoms with Crippen molar-refractivity contribution in [2.24, 2.45) is 12.8 Å². The van der Waals surface area contributed by atoms with Gasteiger partial charge in [-0.05, 0) is 23.3 Å². The quantitative estimate of drug-likeness (QED) is 0.292. The van der Waals surface area contributed by atoms with E-state index >= 15 is 0 Å². The lowest BCUT2D eigenvalue weighted by atomic mass is 10.1. The lowest BCUT2D eigenvalue weighted by Crippen LogP contribution is -2.38. The van der Waals surface area contributed by atoms with Gasteiger partial charge in [-0.15, -0.1) is 0 Å². The standard InChI is InChI=1S/C25H20FN7O5/c1-32-17-9-13(7-8-19(17)38-25(32)37)11-28-23(35)16-10-18(33-22(30-16)15(26)12-29-33)24(36)31-20(21(27)34)14-5-3-2-4-6-14/h2-10,12,20H,11H2,1H3,(H2,27,34)(H,28,35)(H,31,36)/t20-/m1/s1. The molecule has 0 aliphatic heterocycles. The van der Waals surface area contributed by atoms with Crippen LogP contribution in [0.25, 0.3) is 16.7 Å². The van der Waals surface area contributed by atoms with Crippen LogP contribution in [0.5, 0.6) is 0 Å². The Hall–Kier alpha value is -5.33. The van der Waals surface area contributed by atoms with Crippen LogP contribution in [0, 0.1) is 5.82 Å². The summed E-state index contributed by atoms with van der Waals surface area (Å²) in [6, 6.07) is 13.2. The minimum atomic E-state index is -1.18. The van der Waals surface area contributed by atoms with Gasteiger partial charge in [0.05, 0.1) is 11.7 Å². The molecule has 0 aliphatic carbocycles. The number of aryl methyl sites for hydroxylation is 1. The fourth-order valence-corrected chi connectivity index (χ4v) is 3.94. The number of nitrogens with two attached hydrogens (primary N) is 1. The second-order valence-electron chi connectivity index (χ2n) is 8.39. The molecule has 1 atom stereocenters. The van der Waals surface area contributed by atoms with Crippen molar-refractivity contribution < 1.29 is 23.2 Å². The maximum absolute atomic E-state index is 14.4. The zero-order chi connectivity index (χ0) is 27.0. The van der Waals surface area contributed by atoms with Crippen LogP contribution in [-0.4, -0.2) is 36.9 Å². The molecule has 4 N–H and O–H groups in total. The third-order valence-corrected chi connectivity index (χ3v) is 5.90. The van der Waals surface area contributed by atoms with Gasteiger partial charge in [0.1, 0.15) is 17.4 Å². The highest BCUT2D eigenvalue weighted by atomic mass is 19.1. The van der Waals surface area contributed by atoms with Crippen LogP contribution in [-0.2, 0) is 18.4 Å². The molecule has 0 aliphatic rings. The first-order valence-electron chi connectivity index (χ1n) is 11.3. The van der Waals surface area contributed by atoms with Gasteiger partial charge in [-0.3, -0.25) is 19.0 Å². The minimum Gasteiger partial charge on any atom is -0.408 e. The Balaban J connectivity index is 1.42. The Labute approximate surface area is 212 Å². The van der Waals surface area contributed by atoms with E-state index < -0.39 is 35.3 Å². The fourth-order valence-electron chi connectivity index (χ4n) is 3.94. The van der Waals surface area contributed by atoms with E-state index in [4.69, 9.17) is 10.2 Å². The van der Waals surface area contributed by atoms with E-state index in [1.807, 2.05) is 0 Å². The van der Waals surface area contributed by atoms with Gasteiger partial charge in [-0.25, -0.2) is 18.7 Å². The Kier molecular flexibility index (Phi) is 6.16. The molecule has 5 aromatic rings. The first-order valence-corrected chi connectivity index (χ1v) is 11.3. The number of carbonyl (C=O) groups excluding carboxylic acids is 3. The number of nitrogens with one attached hydrogen (secondary N) is 2. The van der Waals surface area contributed by atoms with E-state index in [0.29, 0.717) is 22.2 Å². The fraction of sp³-hybridized carbons (Fsp3) is 0.120. The lowest BCUT2D eigenvalue weighted by molar-refractivity contribution is -0.120. The van der Waals surface area contributed by atoms with Crippen molar-refractivity contribution in [3.63, 3.8) is 0 Å². The van der Waals surface area contributed by atoms with E-state index in [0.717, 1.165) is 16.8 Å². The van der Waals surface area contributed by atoms with Crippen LogP contribution >= 0.6 is 0 Å². The third-order valence-electron chi connectivity index (χ3n) is 5.90. The zero-order valence-corrected chi connectivity index (χ0v) is 19.8. The summed E-state index contributed by atoms with van der Waals surface area (Å²) in [4.78, 5) is 53.9. The molecule has 3 amide bonds. The maximum atomic E-state index is 14.4. The number of carbonyl (C=O) groups is 3. The van der Waals surface area contributed by atoms with Crippen molar-refractivity contribution in [1.29, 1.82) is 0 Å². The van der Waals surface area contributed by atoms with Crippen molar-refractivity contribution >= 4 is 34.5 Å². The summed E-state index contributed by atoms with van der Waals surface area (Å²) in [5.41, 5.74) is 6.69. The molecule has 192 valence electrons. The van der Waals surface area contributed by atoms with Crippen molar-refractivity contribution in [1.82, 2.24) is 29.8 Å². The summed E-state index contributed by atoms with van der Waals surface area (Å²) in [7, 11) is 1.56. The van der Waals surface area contributed by atoms with Gasteiger partial charge in [-0.2, -0.15) is 5.10 Å². The number of hydrogen-bond acceptors (Lipinski definition) is 7. The SMILES string of the molecule is Cn1c(=O)oc2ccc(CNC(=O)c3cc(C(=O)N[C@@H](C(N)=O)c4ccccc4)n4ncc(F)c4n3)cc21. The van der Waals surface area contributed by atoms with E-state index in [1.54, 1.807) is 55.6 Å². The number of amides is 3. The molecule has 0 unspecified atom stereocenters. The van der Waals surface area contributed by atoms with E-state index in [2.05, 4.69) is 20.7 Å². The van der Waals surface area contributed by atoms with Crippen LogP contribution < -0.4 is 22.1 Å². The number of oxazole rings is 1. The molecule has 12 nitrogen and oxygen atoms in total. The Morgan fingerprint density at radius 1 is 1.11 bits per heavy atom. The molecule has 0 saturated carbocycles. The van der Waals surface area contributed by atoms with Crippen LogP contribution in [0.3, 0.4) is 0 Å². The Morgan fingerprint density at radius 3 is 2.61 bits per heavy atom. The smallest absolute Gasteiger partial charge is 0.408 e. The number of aromatic nitrogens is 4. The number of rotatable bonds is 7. The topological polar surface area (TPSA) is 167 Å². The molecule has 0 bridgehead atoms. The normalized spacial score (nSPS) is 11.9. The van der Waals surface area contributed by atoms with Crippen molar-refractivity contribution in [2.75, 3.05) is 0 Å². The predicted molar refractivity (Wildman–Crippen MR) is 131 cm³/mol. The monoisotopic (exact) mass is 517 g/mol.